The van der Waals surface area contributed by atoms with Crippen LogP contribution in [0.25, 0.3) is 0 Å². The van der Waals surface area contributed by atoms with Crippen molar-refractivity contribution in [2.75, 3.05) is 12.8 Å². The first-order chi connectivity index (χ1) is 8.03. The molecule has 0 spiro atoms. The van der Waals surface area contributed by atoms with Gasteiger partial charge in [-0.15, -0.1) is 0 Å². The van der Waals surface area contributed by atoms with Crippen molar-refractivity contribution < 1.29 is 13.2 Å². The molecule has 0 aliphatic heterocycles. The lowest BCUT2D eigenvalue weighted by molar-refractivity contribution is 0.409. The zero-order valence-corrected chi connectivity index (χ0v) is 10.5. The van der Waals surface area contributed by atoms with Crippen molar-refractivity contribution in [3.63, 3.8) is 0 Å². The summed E-state index contributed by atoms with van der Waals surface area (Å²) in [5, 5.41) is -0.213. The Morgan fingerprint density at radius 3 is 2.76 bits per heavy atom. The second-order valence-corrected chi connectivity index (χ2v) is 6.18. The van der Waals surface area contributed by atoms with Crippen LogP contribution in [-0.2, 0) is 16.6 Å². The van der Waals surface area contributed by atoms with Crippen LogP contribution in [0.15, 0.2) is 18.2 Å². The van der Waals surface area contributed by atoms with Crippen LogP contribution in [-0.4, -0.2) is 20.8 Å². The Morgan fingerprint density at radius 1 is 1.47 bits per heavy atom. The normalized spacial score (nSPS) is 15.8. The number of nitrogens with two attached hydrogens (primary N) is 1. The van der Waals surface area contributed by atoms with E-state index in [2.05, 4.69) is 4.72 Å². The summed E-state index contributed by atoms with van der Waals surface area (Å²) in [4.78, 5) is 0. The van der Waals surface area contributed by atoms with Crippen molar-refractivity contribution in [1.29, 1.82) is 0 Å². The predicted molar refractivity (Wildman–Crippen MR) is 66.2 cm³/mol. The van der Waals surface area contributed by atoms with Gasteiger partial charge in [-0.05, 0) is 31.0 Å². The fraction of sp³-hybridized carbons (Fsp3) is 0.455. The van der Waals surface area contributed by atoms with E-state index < -0.39 is 10.0 Å². The molecule has 0 atom stereocenters. The number of nitrogen functional groups attached to an aromatic ring is 1. The molecule has 1 aromatic rings. The summed E-state index contributed by atoms with van der Waals surface area (Å²) >= 11 is 0. The summed E-state index contributed by atoms with van der Waals surface area (Å²) in [5.41, 5.74) is 7.00. The molecule has 1 aliphatic carbocycles. The fourth-order valence-electron chi connectivity index (χ4n) is 1.61. The van der Waals surface area contributed by atoms with Gasteiger partial charge in [-0.2, -0.15) is 0 Å². The number of methoxy groups -OCH3 is 1. The Kier molecular flexibility index (Phi) is 3.26. The van der Waals surface area contributed by atoms with E-state index in [1.165, 1.54) is 0 Å². The van der Waals surface area contributed by atoms with E-state index >= 15 is 0 Å². The molecule has 0 amide bonds. The summed E-state index contributed by atoms with van der Waals surface area (Å²) in [5.74, 6) is 0.637. The molecular formula is C11H16N2O3S. The number of rotatable bonds is 5. The molecule has 3 N–H and O–H groups in total. The lowest BCUT2D eigenvalue weighted by Crippen LogP contribution is -2.26. The molecule has 0 radical (unpaired) electrons. The monoisotopic (exact) mass is 256 g/mol. The van der Waals surface area contributed by atoms with Crippen molar-refractivity contribution >= 4 is 15.7 Å². The lowest BCUT2D eigenvalue weighted by Gasteiger charge is -2.10. The Balaban J connectivity index is 2.10. The van der Waals surface area contributed by atoms with Gasteiger partial charge >= 0.3 is 0 Å². The number of anilines is 1. The molecule has 0 saturated heterocycles. The van der Waals surface area contributed by atoms with Gasteiger partial charge in [0.05, 0.1) is 12.4 Å². The van der Waals surface area contributed by atoms with Crippen LogP contribution in [0.2, 0.25) is 0 Å². The molecule has 0 unspecified atom stereocenters. The third-order valence-corrected chi connectivity index (χ3v) is 4.63. The molecule has 1 saturated carbocycles. The molecule has 1 fully saturated rings. The van der Waals surface area contributed by atoms with Crippen LogP contribution < -0.4 is 15.2 Å². The van der Waals surface area contributed by atoms with Crippen LogP contribution in [0.1, 0.15) is 18.4 Å². The van der Waals surface area contributed by atoms with Gasteiger partial charge in [0.15, 0.2) is 0 Å². The van der Waals surface area contributed by atoms with Gasteiger partial charge in [0.25, 0.3) is 0 Å². The molecule has 0 aromatic heterocycles. The molecular weight excluding hydrogens is 240 g/mol. The zero-order valence-electron chi connectivity index (χ0n) is 9.64. The zero-order chi connectivity index (χ0) is 12.5. The number of hydrogen-bond acceptors (Lipinski definition) is 4. The quantitative estimate of drug-likeness (QED) is 0.766. The number of sulfonamides is 1. The maximum Gasteiger partial charge on any atom is 0.214 e. The Hall–Kier alpha value is -1.27. The first-order valence-electron chi connectivity index (χ1n) is 5.44. The van der Waals surface area contributed by atoms with Crippen molar-refractivity contribution in [2.24, 2.45) is 0 Å². The molecule has 1 aromatic carbocycles. The van der Waals surface area contributed by atoms with E-state index in [1.54, 1.807) is 25.3 Å². The topological polar surface area (TPSA) is 81.4 Å². The Labute approximate surface area is 101 Å². The second-order valence-electron chi connectivity index (χ2n) is 4.14. The molecule has 0 bridgehead atoms. The molecule has 5 nitrogen and oxygen atoms in total. The Morgan fingerprint density at radius 2 is 2.18 bits per heavy atom. The van der Waals surface area contributed by atoms with Gasteiger partial charge in [0, 0.05) is 17.8 Å². The average Bonchev–Trinajstić information content (AvgIpc) is 3.11. The van der Waals surface area contributed by atoms with Crippen LogP contribution in [0.5, 0.6) is 5.75 Å². The maximum atomic E-state index is 11.7. The number of nitrogens with one attached hydrogen (secondary N) is 1. The van der Waals surface area contributed by atoms with Gasteiger partial charge in [-0.25, -0.2) is 13.1 Å². The van der Waals surface area contributed by atoms with E-state index in [0.717, 1.165) is 18.4 Å². The highest BCUT2D eigenvalue weighted by molar-refractivity contribution is 7.90. The third-order valence-electron chi connectivity index (χ3n) is 2.73. The largest absolute Gasteiger partial charge is 0.496 e. The van der Waals surface area contributed by atoms with Crippen molar-refractivity contribution in [3.05, 3.63) is 23.8 Å². The molecule has 94 valence electrons. The second kappa shape index (κ2) is 4.54. The maximum absolute atomic E-state index is 11.7. The van der Waals surface area contributed by atoms with Gasteiger partial charge in [-0.3, -0.25) is 0 Å². The standard InChI is InChI=1S/C11H16N2O3S/c1-16-11-5-2-9(12)6-8(11)7-13-17(14,15)10-3-4-10/h2,5-6,10,13H,3-4,7,12H2,1H3. The highest BCUT2D eigenvalue weighted by atomic mass is 32.2. The predicted octanol–water partition coefficient (Wildman–Crippen LogP) is 0.859. The summed E-state index contributed by atoms with van der Waals surface area (Å²) in [6.07, 6.45) is 1.51. The first kappa shape index (κ1) is 12.2. The minimum atomic E-state index is -3.17. The highest BCUT2D eigenvalue weighted by Gasteiger charge is 2.35. The van der Waals surface area contributed by atoms with Gasteiger partial charge in [-0.1, -0.05) is 0 Å². The third kappa shape index (κ3) is 2.89. The van der Waals surface area contributed by atoms with Crippen LogP contribution in [0, 0.1) is 0 Å². The minimum Gasteiger partial charge on any atom is -0.496 e. The van der Waals surface area contributed by atoms with E-state index in [4.69, 9.17) is 10.5 Å². The smallest absolute Gasteiger partial charge is 0.214 e. The molecule has 17 heavy (non-hydrogen) atoms. The lowest BCUT2D eigenvalue weighted by atomic mass is 10.2. The number of ether oxygens (including phenoxy) is 1. The van der Waals surface area contributed by atoms with Gasteiger partial charge in [0.2, 0.25) is 10.0 Å². The van der Waals surface area contributed by atoms with Crippen molar-refractivity contribution in [1.82, 2.24) is 4.72 Å². The number of benzene rings is 1. The van der Waals surface area contributed by atoms with Gasteiger partial charge < -0.3 is 10.5 Å². The first-order valence-corrected chi connectivity index (χ1v) is 6.98. The summed E-state index contributed by atoms with van der Waals surface area (Å²) in [7, 11) is -1.62. The molecule has 1 aliphatic rings. The van der Waals surface area contributed by atoms with E-state index in [-0.39, 0.29) is 11.8 Å². The van der Waals surface area contributed by atoms with E-state index in [9.17, 15) is 8.42 Å². The van der Waals surface area contributed by atoms with E-state index in [0.29, 0.717) is 11.4 Å². The SMILES string of the molecule is COc1ccc(N)cc1CNS(=O)(=O)C1CC1. The Bertz CT molecular complexity index is 509. The van der Waals surface area contributed by atoms with Crippen LogP contribution in [0.4, 0.5) is 5.69 Å². The van der Waals surface area contributed by atoms with Gasteiger partial charge in [0.1, 0.15) is 5.75 Å². The molecule has 0 heterocycles. The van der Waals surface area contributed by atoms with Crippen LogP contribution >= 0.6 is 0 Å². The minimum absolute atomic E-state index is 0.213. The molecule has 6 heteroatoms. The van der Waals surface area contributed by atoms with Crippen molar-refractivity contribution in [2.45, 2.75) is 24.6 Å². The van der Waals surface area contributed by atoms with Crippen molar-refractivity contribution in [3.8, 4) is 5.75 Å². The van der Waals surface area contributed by atoms with E-state index in [1.807, 2.05) is 0 Å². The number of hydrogen-bond donors (Lipinski definition) is 2. The highest BCUT2D eigenvalue weighted by Crippen LogP contribution is 2.28. The fourth-order valence-corrected chi connectivity index (χ4v) is 2.96. The molecule has 2 rings (SSSR count). The summed E-state index contributed by atoms with van der Waals surface area (Å²) < 4.78 is 31.1. The average molecular weight is 256 g/mol. The summed E-state index contributed by atoms with van der Waals surface area (Å²) in [6.45, 7) is 0.215. The summed E-state index contributed by atoms with van der Waals surface area (Å²) in [6, 6.07) is 5.17. The van der Waals surface area contributed by atoms with Crippen LogP contribution in [0.3, 0.4) is 0 Å².